The van der Waals surface area contributed by atoms with Crippen molar-refractivity contribution >= 4 is 11.6 Å². The van der Waals surface area contributed by atoms with Crippen LogP contribution in [0.4, 0.5) is 0 Å². The summed E-state index contributed by atoms with van der Waals surface area (Å²) in [6.45, 7) is 0. The van der Waals surface area contributed by atoms with E-state index in [-0.39, 0.29) is 17.5 Å². The number of nitrogens with zero attached hydrogens (tertiary/aromatic N) is 5. The third-order valence-corrected chi connectivity index (χ3v) is 5.55. The van der Waals surface area contributed by atoms with E-state index in [4.69, 9.17) is 14.6 Å². The average molecular weight is 417 g/mol. The third-order valence-electron chi connectivity index (χ3n) is 5.55. The highest BCUT2D eigenvalue weighted by Gasteiger charge is 2.41. The van der Waals surface area contributed by atoms with Gasteiger partial charge in [0.05, 0.1) is 31.0 Å². The van der Waals surface area contributed by atoms with Crippen LogP contribution in [0.25, 0.3) is 16.9 Å². The Bertz CT molecular complexity index is 1290. The molecule has 156 valence electrons. The Morgan fingerprint density at radius 3 is 2.65 bits per heavy atom. The van der Waals surface area contributed by atoms with E-state index in [0.717, 1.165) is 23.2 Å². The van der Waals surface area contributed by atoms with Gasteiger partial charge in [-0.05, 0) is 42.0 Å². The molecule has 4 aromatic rings. The lowest BCUT2D eigenvalue weighted by molar-refractivity contribution is 0.0697. The number of ether oxygens (including phenoxy) is 2. The highest BCUT2D eigenvalue weighted by molar-refractivity contribution is 5.87. The van der Waals surface area contributed by atoms with Gasteiger partial charge < -0.3 is 14.6 Å². The summed E-state index contributed by atoms with van der Waals surface area (Å²) in [5.74, 6) is 0.00823. The van der Waals surface area contributed by atoms with Crippen LogP contribution in [-0.2, 0) is 0 Å². The lowest BCUT2D eigenvalue weighted by Gasteiger charge is -2.10. The van der Waals surface area contributed by atoms with Crippen molar-refractivity contribution in [1.82, 2.24) is 24.6 Å². The lowest BCUT2D eigenvalue weighted by Crippen LogP contribution is -2.02. The predicted octanol–water partition coefficient (Wildman–Crippen LogP) is 3.17. The molecule has 0 unspecified atom stereocenters. The largest absolute Gasteiger partial charge is 0.480 e. The van der Waals surface area contributed by atoms with Crippen LogP contribution in [0.5, 0.6) is 11.9 Å². The molecule has 1 N–H and O–H groups in total. The number of benzene rings is 1. The van der Waals surface area contributed by atoms with Gasteiger partial charge in [-0.15, -0.1) is 0 Å². The van der Waals surface area contributed by atoms with E-state index in [9.17, 15) is 4.79 Å². The Hall–Kier alpha value is -4.01. The molecule has 1 fully saturated rings. The first kappa shape index (κ1) is 19.0. The van der Waals surface area contributed by atoms with Crippen LogP contribution in [0.1, 0.15) is 39.7 Å². The molecule has 1 aliphatic carbocycles. The average Bonchev–Trinajstić information content (AvgIpc) is 3.46. The van der Waals surface area contributed by atoms with Gasteiger partial charge >= 0.3 is 12.0 Å². The molecule has 0 saturated heterocycles. The van der Waals surface area contributed by atoms with E-state index >= 15 is 0 Å². The molecule has 2 atom stereocenters. The second-order valence-corrected chi connectivity index (χ2v) is 7.34. The van der Waals surface area contributed by atoms with E-state index in [1.807, 2.05) is 18.2 Å². The number of aromatic nitrogens is 5. The molecular formula is C22H19N5O4. The van der Waals surface area contributed by atoms with Crippen molar-refractivity contribution in [2.75, 3.05) is 14.2 Å². The fourth-order valence-electron chi connectivity index (χ4n) is 3.91. The number of carbonyl (C=O) groups is 1. The molecule has 5 rings (SSSR count). The van der Waals surface area contributed by atoms with E-state index in [2.05, 4.69) is 20.1 Å². The zero-order valence-corrected chi connectivity index (χ0v) is 16.9. The molecule has 3 heterocycles. The van der Waals surface area contributed by atoms with Crippen molar-refractivity contribution in [3.8, 4) is 23.1 Å². The van der Waals surface area contributed by atoms with Gasteiger partial charge in [0.1, 0.15) is 0 Å². The first-order valence-corrected chi connectivity index (χ1v) is 9.72. The van der Waals surface area contributed by atoms with Crippen LogP contribution in [0.2, 0.25) is 0 Å². The van der Waals surface area contributed by atoms with Gasteiger partial charge in [0, 0.05) is 24.2 Å². The molecule has 0 bridgehead atoms. The number of hydrogen-bond donors (Lipinski definition) is 1. The SMILES string of the molecule is COc1ncc(-c2cc([C@H]3C[C@@H]3c3ccc(C(=O)O)cc3)c3nccn3n2)c(OC)n1. The Kier molecular flexibility index (Phi) is 4.50. The van der Waals surface area contributed by atoms with Crippen LogP contribution in [-0.4, -0.2) is 49.9 Å². The number of carboxylic acids is 1. The fourth-order valence-corrected chi connectivity index (χ4v) is 3.91. The minimum Gasteiger partial charge on any atom is -0.480 e. The minimum absolute atomic E-state index is 0.219. The molecule has 3 aromatic heterocycles. The van der Waals surface area contributed by atoms with E-state index in [0.29, 0.717) is 23.1 Å². The van der Waals surface area contributed by atoms with Gasteiger partial charge in [0.2, 0.25) is 5.88 Å². The van der Waals surface area contributed by atoms with Crippen LogP contribution < -0.4 is 9.47 Å². The van der Waals surface area contributed by atoms with Gasteiger partial charge in [-0.1, -0.05) is 12.1 Å². The summed E-state index contributed by atoms with van der Waals surface area (Å²) >= 11 is 0. The zero-order valence-electron chi connectivity index (χ0n) is 16.9. The Morgan fingerprint density at radius 2 is 1.94 bits per heavy atom. The van der Waals surface area contributed by atoms with Gasteiger partial charge in [-0.25, -0.2) is 19.3 Å². The molecule has 0 spiro atoms. The zero-order chi connectivity index (χ0) is 21.5. The third kappa shape index (κ3) is 3.33. The first-order valence-electron chi connectivity index (χ1n) is 9.72. The summed E-state index contributed by atoms with van der Waals surface area (Å²) in [6.07, 6.45) is 6.11. The van der Waals surface area contributed by atoms with Crippen LogP contribution >= 0.6 is 0 Å². The minimum atomic E-state index is -0.924. The van der Waals surface area contributed by atoms with Crippen molar-refractivity contribution in [3.63, 3.8) is 0 Å². The number of rotatable bonds is 6. The number of carboxylic acid groups (broad SMARTS) is 1. The molecule has 0 radical (unpaired) electrons. The van der Waals surface area contributed by atoms with Crippen molar-refractivity contribution in [1.29, 1.82) is 0 Å². The number of methoxy groups -OCH3 is 2. The number of fused-ring (bicyclic) bond motifs is 1. The van der Waals surface area contributed by atoms with Gasteiger partial charge in [-0.2, -0.15) is 10.1 Å². The monoisotopic (exact) mass is 417 g/mol. The van der Waals surface area contributed by atoms with Crippen LogP contribution in [0.15, 0.2) is 48.9 Å². The number of aromatic carboxylic acids is 1. The summed E-state index contributed by atoms with van der Waals surface area (Å²) < 4.78 is 12.3. The molecule has 31 heavy (non-hydrogen) atoms. The first-order chi connectivity index (χ1) is 15.1. The van der Waals surface area contributed by atoms with Crippen molar-refractivity contribution in [2.24, 2.45) is 0 Å². The summed E-state index contributed by atoms with van der Waals surface area (Å²) in [4.78, 5) is 24.1. The van der Waals surface area contributed by atoms with Crippen molar-refractivity contribution < 1.29 is 19.4 Å². The Labute approximate surface area is 177 Å². The Balaban J connectivity index is 1.53. The van der Waals surface area contributed by atoms with E-state index in [1.54, 1.807) is 42.3 Å². The number of hydrogen-bond acceptors (Lipinski definition) is 7. The predicted molar refractivity (Wildman–Crippen MR) is 111 cm³/mol. The molecule has 1 aliphatic rings. The van der Waals surface area contributed by atoms with Gasteiger partial charge in [0.25, 0.3) is 0 Å². The van der Waals surface area contributed by atoms with E-state index < -0.39 is 5.97 Å². The second-order valence-electron chi connectivity index (χ2n) is 7.34. The second kappa shape index (κ2) is 7.35. The molecule has 1 saturated carbocycles. The summed E-state index contributed by atoms with van der Waals surface area (Å²) in [7, 11) is 3.04. The number of imidazole rings is 1. The smallest absolute Gasteiger partial charge is 0.335 e. The maximum absolute atomic E-state index is 11.1. The molecule has 9 nitrogen and oxygen atoms in total. The summed E-state index contributed by atoms with van der Waals surface area (Å²) in [5.41, 5.74) is 4.60. The lowest BCUT2D eigenvalue weighted by atomic mass is 10.0. The quantitative estimate of drug-likeness (QED) is 0.509. The molecule has 1 aromatic carbocycles. The Morgan fingerprint density at radius 1 is 1.13 bits per heavy atom. The normalized spacial score (nSPS) is 17.5. The molecule has 0 aliphatic heterocycles. The van der Waals surface area contributed by atoms with Crippen LogP contribution in [0.3, 0.4) is 0 Å². The van der Waals surface area contributed by atoms with E-state index in [1.165, 1.54) is 7.11 Å². The summed E-state index contributed by atoms with van der Waals surface area (Å²) in [5, 5.41) is 13.8. The maximum atomic E-state index is 11.1. The summed E-state index contributed by atoms with van der Waals surface area (Å²) in [6, 6.07) is 9.30. The van der Waals surface area contributed by atoms with Crippen molar-refractivity contribution in [3.05, 3.63) is 65.6 Å². The maximum Gasteiger partial charge on any atom is 0.335 e. The molecule has 0 amide bonds. The van der Waals surface area contributed by atoms with Crippen molar-refractivity contribution in [2.45, 2.75) is 18.3 Å². The standard InChI is InChI=1S/C22H19N5O4/c1-30-20-17(11-24-22(25-20)31-2)18-10-16(19-23-7-8-27(19)26-18)15-9-14(15)12-3-5-13(6-4-12)21(28)29/h3-8,10-11,14-15H,9H2,1-2H3,(H,28,29)/t14-,15+/m1/s1. The fraction of sp³-hybridized carbons (Fsp3) is 0.227. The highest BCUT2D eigenvalue weighted by atomic mass is 16.5. The van der Waals surface area contributed by atoms with Gasteiger partial charge in [0.15, 0.2) is 5.65 Å². The molecule has 9 heteroatoms. The molecular weight excluding hydrogens is 398 g/mol. The highest BCUT2D eigenvalue weighted by Crippen LogP contribution is 2.55. The topological polar surface area (TPSA) is 112 Å². The van der Waals surface area contributed by atoms with Crippen LogP contribution in [0, 0.1) is 0 Å². The van der Waals surface area contributed by atoms with Gasteiger partial charge in [-0.3, -0.25) is 0 Å².